The molecule has 2 heterocycles. The zero-order chi connectivity index (χ0) is 11.7. The molecule has 3 rings (SSSR count). The van der Waals surface area contributed by atoms with Gasteiger partial charge >= 0.3 is 0 Å². The van der Waals surface area contributed by atoms with Crippen molar-refractivity contribution in [2.45, 2.75) is 6.54 Å². The number of aromatic nitrogens is 3. The summed E-state index contributed by atoms with van der Waals surface area (Å²) in [6.45, 7) is 0.729. The molecule has 0 amide bonds. The predicted octanol–water partition coefficient (Wildman–Crippen LogP) is 2.06. The van der Waals surface area contributed by atoms with E-state index in [4.69, 9.17) is 5.73 Å². The molecule has 0 atom stereocenters. The number of hydrogen-bond donors (Lipinski definition) is 1. The van der Waals surface area contributed by atoms with Crippen molar-refractivity contribution in [1.82, 2.24) is 14.5 Å². The van der Waals surface area contributed by atoms with Gasteiger partial charge in [-0.1, -0.05) is 30.3 Å². The maximum Gasteiger partial charge on any atom is 0.201 e. The molecule has 3 aromatic rings. The number of imidazole rings is 1. The van der Waals surface area contributed by atoms with Gasteiger partial charge < -0.3 is 10.3 Å². The molecule has 2 N–H and O–H groups in total. The Morgan fingerprint density at radius 3 is 2.76 bits per heavy atom. The van der Waals surface area contributed by atoms with E-state index in [1.54, 1.807) is 12.4 Å². The van der Waals surface area contributed by atoms with E-state index < -0.39 is 0 Å². The van der Waals surface area contributed by atoms with Crippen molar-refractivity contribution in [3.8, 4) is 0 Å². The van der Waals surface area contributed by atoms with Gasteiger partial charge in [0.15, 0.2) is 0 Å². The lowest BCUT2D eigenvalue weighted by Crippen LogP contribution is -2.04. The zero-order valence-electron chi connectivity index (χ0n) is 9.24. The minimum atomic E-state index is 0.525. The van der Waals surface area contributed by atoms with E-state index in [0.717, 1.165) is 17.6 Å². The van der Waals surface area contributed by atoms with Crippen LogP contribution >= 0.6 is 0 Å². The minimum absolute atomic E-state index is 0.525. The maximum absolute atomic E-state index is 5.93. The van der Waals surface area contributed by atoms with Gasteiger partial charge in [-0.25, -0.2) is 4.98 Å². The molecule has 4 nitrogen and oxygen atoms in total. The highest BCUT2D eigenvalue weighted by Crippen LogP contribution is 2.17. The lowest BCUT2D eigenvalue weighted by Gasteiger charge is -2.06. The number of nitrogen functional groups attached to an aromatic ring is 1. The fourth-order valence-corrected chi connectivity index (χ4v) is 1.93. The van der Waals surface area contributed by atoms with Crippen LogP contribution < -0.4 is 5.73 Å². The Balaban J connectivity index is 2.08. The van der Waals surface area contributed by atoms with Gasteiger partial charge in [0, 0.05) is 6.20 Å². The third-order valence-electron chi connectivity index (χ3n) is 2.76. The molecule has 1 aromatic carbocycles. The molecule has 0 bridgehead atoms. The van der Waals surface area contributed by atoms with Crippen molar-refractivity contribution in [3.63, 3.8) is 0 Å². The van der Waals surface area contributed by atoms with E-state index >= 15 is 0 Å². The predicted molar refractivity (Wildman–Crippen MR) is 67.5 cm³/mol. The normalized spacial score (nSPS) is 10.8. The second-order valence-electron chi connectivity index (χ2n) is 3.91. The Labute approximate surface area is 98.7 Å². The quantitative estimate of drug-likeness (QED) is 0.724. The van der Waals surface area contributed by atoms with Gasteiger partial charge in [-0.15, -0.1) is 0 Å². The average Bonchev–Trinajstić information content (AvgIpc) is 2.68. The SMILES string of the molecule is Nc1nc2cnccc2n1Cc1ccccc1. The average molecular weight is 224 g/mol. The number of anilines is 1. The summed E-state index contributed by atoms with van der Waals surface area (Å²) in [7, 11) is 0. The van der Waals surface area contributed by atoms with E-state index in [1.807, 2.05) is 28.8 Å². The van der Waals surface area contributed by atoms with Gasteiger partial charge in [-0.05, 0) is 11.6 Å². The Kier molecular flexibility index (Phi) is 2.26. The highest BCUT2D eigenvalue weighted by atomic mass is 15.2. The van der Waals surface area contributed by atoms with Crippen LogP contribution in [0.1, 0.15) is 5.56 Å². The molecule has 0 fully saturated rings. The monoisotopic (exact) mass is 224 g/mol. The second kappa shape index (κ2) is 3.90. The molecule has 2 aromatic heterocycles. The number of nitrogens with two attached hydrogens (primary N) is 1. The van der Waals surface area contributed by atoms with Gasteiger partial charge in [0.2, 0.25) is 5.95 Å². The van der Waals surface area contributed by atoms with Crippen molar-refractivity contribution < 1.29 is 0 Å². The molecule has 0 saturated heterocycles. The summed E-state index contributed by atoms with van der Waals surface area (Å²) in [6, 6.07) is 12.1. The minimum Gasteiger partial charge on any atom is -0.369 e. The molecule has 0 aliphatic carbocycles. The summed E-state index contributed by atoms with van der Waals surface area (Å²) in [4.78, 5) is 8.33. The molecule has 0 saturated carbocycles. The first-order valence-corrected chi connectivity index (χ1v) is 5.44. The Morgan fingerprint density at radius 2 is 1.94 bits per heavy atom. The molecule has 17 heavy (non-hydrogen) atoms. The van der Waals surface area contributed by atoms with Gasteiger partial charge in [0.1, 0.15) is 5.52 Å². The van der Waals surface area contributed by atoms with E-state index in [9.17, 15) is 0 Å². The lowest BCUT2D eigenvalue weighted by atomic mass is 10.2. The number of rotatable bonds is 2. The fraction of sp³-hybridized carbons (Fsp3) is 0.0769. The molecule has 0 aliphatic rings. The van der Waals surface area contributed by atoms with Gasteiger partial charge in [-0.3, -0.25) is 4.98 Å². The number of nitrogens with zero attached hydrogens (tertiary/aromatic N) is 3. The number of pyridine rings is 1. The van der Waals surface area contributed by atoms with E-state index in [1.165, 1.54) is 5.56 Å². The van der Waals surface area contributed by atoms with Crippen LogP contribution in [0.2, 0.25) is 0 Å². The summed E-state index contributed by atoms with van der Waals surface area (Å²) in [5, 5.41) is 0. The molecule has 84 valence electrons. The molecular weight excluding hydrogens is 212 g/mol. The molecule has 0 unspecified atom stereocenters. The van der Waals surface area contributed by atoms with Crippen LogP contribution in [-0.2, 0) is 6.54 Å². The number of benzene rings is 1. The summed E-state index contributed by atoms with van der Waals surface area (Å²) < 4.78 is 1.99. The summed E-state index contributed by atoms with van der Waals surface area (Å²) in [5.74, 6) is 0.525. The van der Waals surface area contributed by atoms with Crippen molar-refractivity contribution in [2.24, 2.45) is 0 Å². The van der Waals surface area contributed by atoms with Crippen LogP contribution in [0.25, 0.3) is 11.0 Å². The number of fused-ring (bicyclic) bond motifs is 1. The van der Waals surface area contributed by atoms with Gasteiger partial charge in [-0.2, -0.15) is 0 Å². The standard InChI is InChI=1S/C13H12N4/c14-13-16-11-8-15-7-6-12(11)17(13)9-10-4-2-1-3-5-10/h1-8H,9H2,(H2,14,16). The highest BCUT2D eigenvalue weighted by Gasteiger charge is 2.07. The summed E-state index contributed by atoms with van der Waals surface area (Å²) in [6.07, 6.45) is 3.48. The van der Waals surface area contributed by atoms with Crippen molar-refractivity contribution in [1.29, 1.82) is 0 Å². The number of hydrogen-bond acceptors (Lipinski definition) is 3. The highest BCUT2D eigenvalue weighted by molar-refractivity contribution is 5.77. The van der Waals surface area contributed by atoms with Crippen LogP contribution in [0.5, 0.6) is 0 Å². The van der Waals surface area contributed by atoms with Crippen molar-refractivity contribution in [3.05, 3.63) is 54.4 Å². The molecular formula is C13H12N4. The maximum atomic E-state index is 5.93. The van der Waals surface area contributed by atoms with E-state index in [-0.39, 0.29) is 0 Å². The first kappa shape index (κ1) is 9.84. The Morgan fingerprint density at radius 1 is 1.12 bits per heavy atom. The summed E-state index contributed by atoms with van der Waals surface area (Å²) >= 11 is 0. The molecule has 0 radical (unpaired) electrons. The van der Waals surface area contributed by atoms with E-state index in [2.05, 4.69) is 22.1 Å². The van der Waals surface area contributed by atoms with Crippen molar-refractivity contribution in [2.75, 3.05) is 5.73 Å². The van der Waals surface area contributed by atoms with Gasteiger partial charge in [0.05, 0.1) is 18.3 Å². The zero-order valence-corrected chi connectivity index (χ0v) is 9.24. The van der Waals surface area contributed by atoms with Crippen LogP contribution in [0, 0.1) is 0 Å². The van der Waals surface area contributed by atoms with E-state index in [0.29, 0.717) is 5.95 Å². The first-order valence-electron chi connectivity index (χ1n) is 5.44. The van der Waals surface area contributed by atoms with Crippen LogP contribution in [0.15, 0.2) is 48.8 Å². The topological polar surface area (TPSA) is 56.7 Å². The van der Waals surface area contributed by atoms with Gasteiger partial charge in [0.25, 0.3) is 0 Å². The molecule has 0 spiro atoms. The fourth-order valence-electron chi connectivity index (χ4n) is 1.93. The second-order valence-corrected chi connectivity index (χ2v) is 3.91. The smallest absolute Gasteiger partial charge is 0.201 e. The molecule has 0 aliphatic heterocycles. The summed E-state index contributed by atoms with van der Waals surface area (Å²) in [5.41, 5.74) is 8.98. The Bertz CT molecular complexity index is 643. The van der Waals surface area contributed by atoms with Crippen LogP contribution in [0.3, 0.4) is 0 Å². The third-order valence-corrected chi connectivity index (χ3v) is 2.76. The first-order chi connectivity index (χ1) is 8.34. The van der Waals surface area contributed by atoms with Crippen LogP contribution in [0.4, 0.5) is 5.95 Å². The third kappa shape index (κ3) is 1.73. The molecule has 4 heteroatoms. The lowest BCUT2D eigenvalue weighted by molar-refractivity contribution is 0.838. The largest absolute Gasteiger partial charge is 0.369 e. The Hall–Kier alpha value is -2.36. The van der Waals surface area contributed by atoms with Crippen molar-refractivity contribution >= 4 is 17.0 Å². The van der Waals surface area contributed by atoms with Crippen LogP contribution in [-0.4, -0.2) is 14.5 Å².